The number of allylic oxidation sites excluding steroid dienone is 5. The molecule has 2 heterocycles. The Morgan fingerprint density at radius 1 is 1.33 bits per heavy atom. The van der Waals surface area contributed by atoms with Crippen molar-refractivity contribution in [2.75, 3.05) is 26.1 Å². The number of nitrogens with one attached hydrogen (secondary N) is 1. The van der Waals surface area contributed by atoms with Crippen LogP contribution >= 0.6 is 0 Å². The first-order chi connectivity index (χ1) is 14.6. The van der Waals surface area contributed by atoms with E-state index in [0.717, 1.165) is 55.4 Å². The molecule has 0 saturated heterocycles. The zero-order valence-electron chi connectivity index (χ0n) is 17.7. The standard InChI is InChI=1S/C16H17FO.C7H8N2O.CH4O/c1-3-12(10-15(17)4-2)14-8-7-13-6-5-9-18-16(13)11-14;1-8-7-4-9-3-2-6(7)5-10;1-2/h3-4,7-8,10-11H,2,5-6,9H2,1H3;2-5,8H,1H3;2H,1H3/b12-3+,15-10+;;. The number of hydrogen-bond acceptors (Lipinski definition) is 5. The summed E-state index contributed by atoms with van der Waals surface area (Å²) in [4.78, 5) is 14.2. The summed E-state index contributed by atoms with van der Waals surface area (Å²) in [5.41, 5.74) is 4.43. The quantitative estimate of drug-likeness (QED) is 0.534. The predicted octanol–water partition coefficient (Wildman–Crippen LogP) is 5.00. The second kappa shape index (κ2) is 13.8. The van der Waals surface area contributed by atoms with Gasteiger partial charge in [0, 0.05) is 25.9 Å². The first-order valence-corrected chi connectivity index (χ1v) is 9.56. The smallest absolute Gasteiger partial charge is 0.152 e. The van der Waals surface area contributed by atoms with E-state index < -0.39 is 0 Å². The van der Waals surface area contributed by atoms with E-state index in [-0.39, 0.29) is 5.83 Å². The van der Waals surface area contributed by atoms with E-state index in [1.54, 1.807) is 25.5 Å². The summed E-state index contributed by atoms with van der Waals surface area (Å²) in [7, 11) is 2.75. The number of hydrogen-bond donors (Lipinski definition) is 2. The van der Waals surface area contributed by atoms with Gasteiger partial charge < -0.3 is 15.2 Å². The molecule has 160 valence electrons. The van der Waals surface area contributed by atoms with Gasteiger partial charge in [-0.2, -0.15) is 0 Å². The molecule has 1 aliphatic heterocycles. The van der Waals surface area contributed by atoms with Gasteiger partial charge in [-0.15, -0.1) is 0 Å². The summed E-state index contributed by atoms with van der Waals surface area (Å²) in [6.07, 6.45) is 10.7. The van der Waals surface area contributed by atoms with Crippen LogP contribution in [0.2, 0.25) is 0 Å². The molecule has 0 amide bonds. The number of carbonyl (C=O) groups is 1. The number of ether oxygens (including phenoxy) is 1. The number of aromatic nitrogens is 1. The summed E-state index contributed by atoms with van der Waals surface area (Å²) in [5.74, 6) is 0.590. The molecule has 0 unspecified atom stereocenters. The van der Waals surface area contributed by atoms with Crippen LogP contribution in [0.4, 0.5) is 10.1 Å². The number of halogens is 1. The van der Waals surface area contributed by atoms with Crippen LogP contribution in [0.5, 0.6) is 5.75 Å². The predicted molar refractivity (Wildman–Crippen MR) is 121 cm³/mol. The average Bonchev–Trinajstić information content (AvgIpc) is 2.83. The molecule has 3 rings (SSSR count). The lowest BCUT2D eigenvalue weighted by molar-refractivity contribution is 0.112. The van der Waals surface area contributed by atoms with Crippen LogP contribution in [0.15, 0.2) is 67.3 Å². The summed E-state index contributed by atoms with van der Waals surface area (Å²) < 4.78 is 18.9. The van der Waals surface area contributed by atoms with Crippen molar-refractivity contribution in [2.24, 2.45) is 0 Å². The Hall–Kier alpha value is -3.25. The van der Waals surface area contributed by atoms with E-state index >= 15 is 0 Å². The number of aliphatic hydroxyl groups excluding tert-OH is 1. The topological polar surface area (TPSA) is 71.5 Å². The number of pyridine rings is 1. The van der Waals surface area contributed by atoms with E-state index in [1.165, 1.54) is 17.7 Å². The van der Waals surface area contributed by atoms with E-state index in [9.17, 15) is 9.18 Å². The molecule has 0 bridgehead atoms. The van der Waals surface area contributed by atoms with Crippen molar-refractivity contribution in [3.05, 3.63) is 84.0 Å². The number of benzene rings is 1. The number of carbonyl (C=O) groups excluding carboxylic acids is 1. The third-order valence-corrected chi connectivity index (χ3v) is 4.30. The molecule has 6 heteroatoms. The molecule has 0 atom stereocenters. The maximum atomic E-state index is 13.3. The van der Waals surface area contributed by atoms with Crippen LogP contribution in [0.3, 0.4) is 0 Å². The fraction of sp³-hybridized carbons (Fsp3) is 0.250. The van der Waals surface area contributed by atoms with Gasteiger partial charge in [-0.25, -0.2) is 4.39 Å². The third-order valence-electron chi connectivity index (χ3n) is 4.30. The largest absolute Gasteiger partial charge is 0.493 e. The number of aldehydes is 1. The zero-order valence-corrected chi connectivity index (χ0v) is 17.7. The maximum absolute atomic E-state index is 13.3. The monoisotopic (exact) mass is 412 g/mol. The molecule has 0 aliphatic carbocycles. The van der Waals surface area contributed by atoms with Crippen LogP contribution in [0.1, 0.15) is 34.8 Å². The van der Waals surface area contributed by atoms with E-state index in [1.807, 2.05) is 25.1 Å². The minimum absolute atomic E-state index is 0.332. The van der Waals surface area contributed by atoms with Gasteiger partial charge >= 0.3 is 0 Å². The van der Waals surface area contributed by atoms with E-state index in [2.05, 4.69) is 22.9 Å². The molecular formula is C24H29FN2O3. The van der Waals surface area contributed by atoms with Gasteiger partial charge in [0.1, 0.15) is 11.6 Å². The first-order valence-electron chi connectivity index (χ1n) is 9.56. The fourth-order valence-electron chi connectivity index (χ4n) is 2.78. The Labute approximate surface area is 177 Å². The Kier molecular flexibility index (Phi) is 11.4. The summed E-state index contributed by atoms with van der Waals surface area (Å²) in [5, 5.41) is 9.85. The fourth-order valence-corrected chi connectivity index (χ4v) is 2.78. The highest BCUT2D eigenvalue weighted by Gasteiger charge is 2.11. The molecule has 1 aromatic heterocycles. The normalized spacial score (nSPS) is 12.7. The Balaban J connectivity index is 0.000000318. The van der Waals surface area contributed by atoms with Crippen LogP contribution in [0, 0.1) is 0 Å². The SMILES string of the molecule is C=C/C(F)=C\C(=C/C)c1ccc2c(c1)OCCC2.CNc1cnccc1C=O.CO. The van der Waals surface area contributed by atoms with Gasteiger partial charge in [0.05, 0.1) is 18.5 Å². The van der Waals surface area contributed by atoms with Crippen molar-refractivity contribution in [3.63, 3.8) is 0 Å². The van der Waals surface area contributed by atoms with Crippen molar-refractivity contribution < 1.29 is 19.0 Å². The number of nitrogens with zero attached hydrogens (tertiary/aromatic N) is 1. The number of aryl methyl sites for hydroxylation is 1. The van der Waals surface area contributed by atoms with Crippen LogP contribution in [-0.2, 0) is 6.42 Å². The van der Waals surface area contributed by atoms with Crippen molar-refractivity contribution in [2.45, 2.75) is 19.8 Å². The lowest BCUT2D eigenvalue weighted by Crippen LogP contribution is -2.08. The zero-order chi connectivity index (χ0) is 22.4. The van der Waals surface area contributed by atoms with Crippen molar-refractivity contribution in [3.8, 4) is 5.75 Å². The summed E-state index contributed by atoms with van der Waals surface area (Å²) in [6.45, 7) is 6.07. The van der Waals surface area contributed by atoms with E-state index in [0.29, 0.717) is 5.56 Å². The highest BCUT2D eigenvalue weighted by molar-refractivity contribution is 5.83. The second-order valence-electron chi connectivity index (χ2n) is 6.08. The van der Waals surface area contributed by atoms with Gasteiger partial charge in [0.15, 0.2) is 6.29 Å². The lowest BCUT2D eigenvalue weighted by atomic mass is 9.99. The Morgan fingerprint density at radius 2 is 2.10 bits per heavy atom. The highest BCUT2D eigenvalue weighted by Crippen LogP contribution is 2.29. The summed E-state index contributed by atoms with van der Waals surface area (Å²) in [6, 6.07) is 7.72. The van der Waals surface area contributed by atoms with Crippen LogP contribution in [0.25, 0.3) is 5.57 Å². The lowest BCUT2D eigenvalue weighted by Gasteiger charge is -2.18. The highest BCUT2D eigenvalue weighted by atomic mass is 19.1. The molecule has 30 heavy (non-hydrogen) atoms. The van der Waals surface area contributed by atoms with Crippen molar-refractivity contribution in [1.29, 1.82) is 0 Å². The number of anilines is 1. The minimum atomic E-state index is -0.332. The number of aliphatic hydroxyl groups is 1. The van der Waals surface area contributed by atoms with E-state index in [4.69, 9.17) is 9.84 Å². The molecule has 0 spiro atoms. The minimum Gasteiger partial charge on any atom is -0.493 e. The van der Waals surface area contributed by atoms with Crippen LogP contribution < -0.4 is 10.1 Å². The molecule has 1 aliphatic rings. The second-order valence-corrected chi connectivity index (χ2v) is 6.08. The maximum Gasteiger partial charge on any atom is 0.152 e. The summed E-state index contributed by atoms with van der Waals surface area (Å²) >= 11 is 0. The van der Waals surface area contributed by atoms with Gasteiger partial charge in [0.2, 0.25) is 0 Å². The van der Waals surface area contributed by atoms with Crippen molar-refractivity contribution >= 4 is 17.5 Å². The van der Waals surface area contributed by atoms with Crippen molar-refractivity contribution in [1.82, 2.24) is 4.98 Å². The molecule has 0 radical (unpaired) electrons. The molecule has 5 nitrogen and oxygen atoms in total. The Morgan fingerprint density at radius 3 is 2.70 bits per heavy atom. The molecule has 0 fully saturated rings. The van der Waals surface area contributed by atoms with Gasteiger partial charge in [0.25, 0.3) is 0 Å². The van der Waals surface area contributed by atoms with Gasteiger partial charge in [-0.1, -0.05) is 24.8 Å². The average molecular weight is 413 g/mol. The van der Waals surface area contributed by atoms with Gasteiger partial charge in [-0.05, 0) is 60.8 Å². The third kappa shape index (κ3) is 7.29. The number of fused-ring (bicyclic) bond motifs is 1. The molecular weight excluding hydrogens is 383 g/mol. The molecule has 0 saturated carbocycles. The first kappa shape index (κ1) is 24.8. The molecule has 2 N–H and O–H groups in total. The molecule has 2 aromatic rings. The number of rotatable bonds is 5. The van der Waals surface area contributed by atoms with Gasteiger partial charge in [-0.3, -0.25) is 9.78 Å². The molecule has 1 aromatic carbocycles. The van der Waals surface area contributed by atoms with Crippen LogP contribution in [-0.4, -0.2) is 37.1 Å². The Bertz CT molecular complexity index is 892.